The van der Waals surface area contributed by atoms with E-state index < -0.39 is 0 Å². The molecule has 0 heterocycles. The van der Waals surface area contributed by atoms with Crippen LogP contribution in [0.3, 0.4) is 0 Å². The Morgan fingerprint density at radius 1 is 1.21 bits per heavy atom. The van der Waals surface area contributed by atoms with Gasteiger partial charge in [0.2, 0.25) is 0 Å². The molecule has 3 heteroatoms. The molecule has 1 fully saturated rings. The fraction of sp³-hybridized carbons (Fsp3) is 0.500. The topological polar surface area (TPSA) is 44.5 Å². The molecule has 0 radical (unpaired) electrons. The molecule has 0 spiro atoms. The summed E-state index contributed by atoms with van der Waals surface area (Å²) in [6.07, 6.45) is 5.44. The summed E-state index contributed by atoms with van der Waals surface area (Å²) in [5, 5.41) is 0. The van der Waals surface area contributed by atoms with Crippen LogP contribution in [0.1, 0.15) is 31.2 Å². The van der Waals surface area contributed by atoms with Gasteiger partial charge in [-0.05, 0) is 31.0 Å². The molecule has 1 aromatic carbocycles. The van der Waals surface area contributed by atoms with E-state index in [0.29, 0.717) is 25.9 Å². The van der Waals surface area contributed by atoms with E-state index >= 15 is 0 Å². The number of rotatable bonds is 5. The number of benzene rings is 1. The van der Waals surface area contributed by atoms with E-state index in [2.05, 4.69) is 11.8 Å². The summed E-state index contributed by atoms with van der Waals surface area (Å²) in [6, 6.07) is 7.75. The highest BCUT2D eigenvalue weighted by molar-refractivity contribution is 5.39. The van der Waals surface area contributed by atoms with Gasteiger partial charge >= 0.3 is 0 Å². The van der Waals surface area contributed by atoms with E-state index in [1.165, 1.54) is 25.7 Å². The van der Waals surface area contributed by atoms with Crippen molar-refractivity contribution in [2.75, 3.05) is 19.8 Å². The van der Waals surface area contributed by atoms with Crippen LogP contribution in [-0.2, 0) is 4.74 Å². The lowest BCUT2D eigenvalue weighted by Gasteiger charge is -2.11. The minimum atomic E-state index is 0.375. The Bertz CT molecular complexity index is 442. The van der Waals surface area contributed by atoms with Gasteiger partial charge in [0.25, 0.3) is 0 Å². The molecule has 1 aliphatic rings. The largest absolute Gasteiger partial charge is 0.491 e. The van der Waals surface area contributed by atoms with Gasteiger partial charge < -0.3 is 15.2 Å². The molecule has 1 saturated carbocycles. The Labute approximate surface area is 115 Å². The van der Waals surface area contributed by atoms with E-state index in [9.17, 15) is 0 Å². The summed E-state index contributed by atoms with van der Waals surface area (Å²) in [7, 11) is 0. The third kappa shape index (κ3) is 4.94. The van der Waals surface area contributed by atoms with Crippen LogP contribution >= 0.6 is 0 Å². The van der Waals surface area contributed by atoms with Gasteiger partial charge in [0.1, 0.15) is 12.4 Å². The predicted octanol–water partition coefficient (Wildman–Crippen LogP) is 2.33. The zero-order chi connectivity index (χ0) is 13.3. The molecule has 102 valence electrons. The van der Waals surface area contributed by atoms with E-state index in [0.717, 1.165) is 11.3 Å². The van der Waals surface area contributed by atoms with Crippen LogP contribution in [0.25, 0.3) is 0 Å². The van der Waals surface area contributed by atoms with E-state index in [1.54, 1.807) is 0 Å². The molecule has 2 rings (SSSR count). The van der Waals surface area contributed by atoms with Crippen molar-refractivity contribution in [3.63, 3.8) is 0 Å². The summed E-state index contributed by atoms with van der Waals surface area (Å²) >= 11 is 0. The molecule has 3 nitrogen and oxygen atoms in total. The molecule has 2 N–H and O–H groups in total. The average Bonchev–Trinajstić information content (AvgIpc) is 2.95. The Kier molecular flexibility index (Phi) is 5.74. The lowest BCUT2D eigenvalue weighted by atomic mass is 10.2. The van der Waals surface area contributed by atoms with Gasteiger partial charge in [0.05, 0.1) is 19.3 Å². The lowest BCUT2D eigenvalue weighted by Crippen LogP contribution is -2.13. The number of hydrogen-bond donors (Lipinski definition) is 1. The maximum Gasteiger partial charge on any atom is 0.120 e. The Hall–Kier alpha value is -1.50. The lowest BCUT2D eigenvalue weighted by molar-refractivity contribution is 0.0382. The van der Waals surface area contributed by atoms with Gasteiger partial charge in [0, 0.05) is 5.56 Å². The van der Waals surface area contributed by atoms with Crippen molar-refractivity contribution >= 4 is 0 Å². The van der Waals surface area contributed by atoms with E-state index in [1.807, 2.05) is 24.3 Å². The highest BCUT2D eigenvalue weighted by Gasteiger charge is 2.14. The molecule has 0 amide bonds. The maximum absolute atomic E-state index is 5.75. The minimum Gasteiger partial charge on any atom is -0.491 e. The first kappa shape index (κ1) is 13.9. The molecule has 1 aliphatic carbocycles. The maximum atomic E-state index is 5.75. The van der Waals surface area contributed by atoms with Crippen LogP contribution in [0.5, 0.6) is 5.75 Å². The third-order valence-corrected chi connectivity index (χ3v) is 3.18. The standard InChI is InChI=1S/C16H21NO2/c17-10-4-6-14-5-3-9-16(13-14)19-12-11-18-15-7-1-2-8-15/h3,5,9,13,15H,1-2,7-8,10-12,17H2. The first-order valence-electron chi connectivity index (χ1n) is 6.92. The summed E-state index contributed by atoms with van der Waals surface area (Å²) in [4.78, 5) is 0. The van der Waals surface area contributed by atoms with Gasteiger partial charge in [-0.25, -0.2) is 0 Å². The highest BCUT2D eigenvalue weighted by atomic mass is 16.5. The van der Waals surface area contributed by atoms with Gasteiger partial charge in [-0.3, -0.25) is 0 Å². The smallest absolute Gasteiger partial charge is 0.120 e. The summed E-state index contributed by atoms with van der Waals surface area (Å²) in [6.45, 7) is 1.62. The molecule has 0 atom stereocenters. The Balaban J connectivity index is 1.72. The van der Waals surface area contributed by atoms with Crippen molar-refractivity contribution in [3.05, 3.63) is 29.8 Å². The van der Waals surface area contributed by atoms with Crippen molar-refractivity contribution in [2.45, 2.75) is 31.8 Å². The van der Waals surface area contributed by atoms with Gasteiger partial charge in [0.15, 0.2) is 0 Å². The molecule has 0 aliphatic heterocycles. The quantitative estimate of drug-likeness (QED) is 0.652. The van der Waals surface area contributed by atoms with Crippen LogP contribution in [0.15, 0.2) is 24.3 Å². The molecule has 0 unspecified atom stereocenters. The molecular weight excluding hydrogens is 238 g/mol. The zero-order valence-electron chi connectivity index (χ0n) is 11.2. The molecule has 0 aromatic heterocycles. The molecular formula is C16H21NO2. The van der Waals surface area contributed by atoms with Gasteiger partial charge in [-0.1, -0.05) is 30.7 Å². The zero-order valence-corrected chi connectivity index (χ0v) is 11.2. The normalized spacial score (nSPS) is 15.0. The summed E-state index contributed by atoms with van der Waals surface area (Å²) < 4.78 is 11.4. The average molecular weight is 259 g/mol. The van der Waals surface area contributed by atoms with Crippen molar-refractivity contribution < 1.29 is 9.47 Å². The van der Waals surface area contributed by atoms with Gasteiger partial charge in [-0.15, -0.1) is 0 Å². The highest BCUT2D eigenvalue weighted by Crippen LogP contribution is 2.20. The van der Waals surface area contributed by atoms with Crippen molar-refractivity contribution in [1.82, 2.24) is 0 Å². The fourth-order valence-corrected chi connectivity index (χ4v) is 2.25. The van der Waals surface area contributed by atoms with Crippen LogP contribution in [0, 0.1) is 11.8 Å². The van der Waals surface area contributed by atoms with Gasteiger partial charge in [-0.2, -0.15) is 0 Å². The van der Waals surface area contributed by atoms with Crippen molar-refractivity contribution in [2.24, 2.45) is 5.73 Å². The second-order valence-corrected chi connectivity index (χ2v) is 4.66. The van der Waals surface area contributed by atoms with Crippen molar-refractivity contribution in [1.29, 1.82) is 0 Å². The van der Waals surface area contributed by atoms with Crippen LogP contribution in [0.2, 0.25) is 0 Å². The first-order chi connectivity index (χ1) is 9.38. The Morgan fingerprint density at radius 3 is 2.84 bits per heavy atom. The van der Waals surface area contributed by atoms with E-state index in [4.69, 9.17) is 15.2 Å². The molecule has 19 heavy (non-hydrogen) atoms. The Morgan fingerprint density at radius 2 is 2.05 bits per heavy atom. The second kappa shape index (κ2) is 7.83. The molecule has 0 bridgehead atoms. The van der Waals surface area contributed by atoms with Crippen LogP contribution in [0.4, 0.5) is 0 Å². The molecule has 0 saturated heterocycles. The molecule has 1 aromatic rings. The first-order valence-corrected chi connectivity index (χ1v) is 6.92. The number of nitrogens with two attached hydrogens (primary N) is 1. The third-order valence-electron chi connectivity index (χ3n) is 3.18. The monoisotopic (exact) mass is 259 g/mol. The SMILES string of the molecule is NCC#Cc1cccc(OCCOC2CCCC2)c1. The minimum absolute atomic E-state index is 0.375. The summed E-state index contributed by atoms with van der Waals surface area (Å²) in [5.74, 6) is 6.66. The number of ether oxygens (including phenoxy) is 2. The van der Waals surface area contributed by atoms with Crippen LogP contribution < -0.4 is 10.5 Å². The van der Waals surface area contributed by atoms with Crippen molar-refractivity contribution in [3.8, 4) is 17.6 Å². The van der Waals surface area contributed by atoms with E-state index in [-0.39, 0.29) is 0 Å². The number of hydrogen-bond acceptors (Lipinski definition) is 3. The second-order valence-electron chi connectivity index (χ2n) is 4.66. The summed E-state index contributed by atoms with van der Waals surface area (Å²) in [5.41, 5.74) is 6.28. The fourth-order valence-electron chi connectivity index (χ4n) is 2.25. The predicted molar refractivity (Wildman–Crippen MR) is 76.1 cm³/mol. The van der Waals surface area contributed by atoms with Crippen LogP contribution in [-0.4, -0.2) is 25.9 Å².